The number of benzene rings is 1. The zero-order valence-electron chi connectivity index (χ0n) is 17.3. The number of hydrogen-bond donors (Lipinski definition) is 1. The lowest BCUT2D eigenvalue weighted by Crippen LogP contribution is -2.53. The van der Waals surface area contributed by atoms with Crippen molar-refractivity contribution in [2.45, 2.75) is 38.1 Å². The SMILES string of the molecule is O=C(NC1CCCCC1)N1CCN(c2nc(-c3ccc4cc(F)ccc4n3)no2)CC1. The number of nitrogens with zero attached hydrogens (tertiary/aromatic N) is 5. The van der Waals surface area contributed by atoms with Gasteiger partial charge in [0.2, 0.25) is 5.82 Å². The van der Waals surface area contributed by atoms with Gasteiger partial charge in [-0.25, -0.2) is 14.2 Å². The molecule has 0 bridgehead atoms. The third-order valence-corrected chi connectivity index (χ3v) is 6.07. The number of hydrogen-bond acceptors (Lipinski definition) is 6. The van der Waals surface area contributed by atoms with Gasteiger partial charge in [-0.3, -0.25) is 0 Å². The first-order chi connectivity index (χ1) is 15.2. The molecule has 31 heavy (non-hydrogen) atoms. The summed E-state index contributed by atoms with van der Waals surface area (Å²) in [7, 11) is 0. The second-order valence-electron chi connectivity index (χ2n) is 8.19. The van der Waals surface area contributed by atoms with E-state index >= 15 is 0 Å². The highest BCUT2D eigenvalue weighted by atomic mass is 19.1. The van der Waals surface area contributed by atoms with Gasteiger partial charge >= 0.3 is 12.0 Å². The van der Waals surface area contributed by atoms with E-state index in [0.29, 0.717) is 55.3 Å². The molecule has 1 N–H and O–H groups in total. The Kier molecular flexibility index (Phi) is 5.40. The minimum Gasteiger partial charge on any atom is -0.335 e. The molecule has 0 radical (unpaired) electrons. The first-order valence-corrected chi connectivity index (χ1v) is 10.9. The second-order valence-corrected chi connectivity index (χ2v) is 8.19. The summed E-state index contributed by atoms with van der Waals surface area (Å²) >= 11 is 0. The molecule has 1 aromatic carbocycles. The van der Waals surface area contributed by atoms with Crippen LogP contribution in [0.2, 0.25) is 0 Å². The number of halogens is 1. The van der Waals surface area contributed by atoms with E-state index in [9.17, 15) is 9.18 Å². The quantitative estimate of drug-likeness (QED) is 0.691. The average Bonchev–Trinajstić information content (AvgIpc) is 3.30. The Bertz CT molecular complexity index is 1070. The zero-order chi connectivity index (χ0) is 21.2. The van der Waals surface area contributed by atoms with Gasteiger partial charge in [0.15, 0.2) is 0 Å². The van der Waals surface area contributed by atoms with Crippen LogP contribution in [0.3, 0.4) is 0 Å². The Balaban J connectivity index is 1.21. The topological polar surface area (TPSA) is 87.4 Å². The standard InChI is InChI=1S/C22H25FN6O2/c23-16-7-9-18-15(14-16)6-8-19(25-18)20-26-22(31-27-20)29-12-10-28(11-13-29)21(30)24-17-4-2-1-3-5-17/h6-9,14,17H,1-5,10-13H2,(H,24,30). The van der Waals surface area contributed by atoms with Crippen molar-refractivity contribution in [3.63, 3.8) is 0 Å². The maximum absolute atomic E-state index is 13.4. The monoisotopic (exact) mass is 424 g/mol. The van der Waals surface area contributed by atoms with Crippen LogP contribution in [-0.2, 0) is 0 Å². The van der Waals surface area contributed by atoms with Crippen molar-refractivity contribution in [2.75, 3.05) is 31.1 Å². The Morgan fingerprint density at radius 2 is 1.84 bits per heavy atom. The first kappa shape index (κ1) is 19.7. The van der Waals surface area contributed by atoms with Gasteiger partial charge in [0.1, 0.15) is 11.5 Å². The van der Waals surface area contributed by atoms with Gasteiger partial charge in [0.25, 0.3) is 0 Å². The minimum absolute atomic E-state index is 0.0227. The summed E-state index contributed by atoms with van der Waals surface area (Å²) in [5.41, 5.74) is 1.24. The summed E-state index contributed by atoms with van der Waals surface area (Å²) in [5, 5.41) is 7.95. The number of fused-ring (bicyclic) bond motifs is 1. The highest BCUT2D eigenvalue weighted by Crippen LogP contribution is 2.23. The van der Waals surface area contributed by atoms with Crippen molar-refractivity contribution in [3.8, 4) is 11.5 Å². The van der Waals surface area contributed by atoms with Crippen molar-refractivity contribution in [1.82, 2.24) is 25.3 Å². The van der Waals surface area contributed by atoms with Crippen LogP contribution in [0.1, 0.15) is 32.1 Å². The lowest BCUT2D eigenvalue weighted by molar-refractivity contribution is 0.185. The average molecular weight is 424 g/mol. The van der Waals surface area contributed by atoms with Crippen LogP contribution in [0, 0.1) is 5.82 Å². The number of anilines is 1. The van der Waals surface area contributed by atoms with Crippen LogP contribution in [0.4, 0.5) is 15.2 Å². The van der Waals surface area contributed by atoms with E-state index in [-0.39, 0.29) is 11.8 Å². The molecule has 162 valence electrons. The predicted molar refractivity (Wildman–Crippen MR) is 114 cm³/mol. The third kappa shape index (κ3) is 4.30. The number of piperazine rings is 1. The van der Waals surface area contributed by atoms with Gasteiger partial charge < -0.3 is 19.6 Å². The summed E-state index contributed by atoms with van der Waals surface area (Å²) in [6, 6.07) is 8.75. The maximum atomic E-state index is 13.4. The molecule has 2 fully saturated rings. The van der Waals surface area contributed by atoms with Gasteiger partial charge in [-0.05, 0) is 37.1 Å². The van der Waals surface area contributed by atoms with Crippen LogP contribution in [0.25, 0.3) is 22.4 Å². The molecule has 2 aliphatic rings. The molecule has 1 saturated carbocycles. The van der Waals surface area contributed by atoms with E-state index in [1.165, 1.54) is 31.4 Å². The summed E-state index contributed by atoms with van der Waals surface area (Å²) in [6.45, 7) is 2.47. The Morgan fingerprint density at radius 3 is 2.65 bits per heavy atom. The summed E-state index contributed by atoms with van der Waals surface area (Å²) < 4.78 is 18.8. The fourth-order valence-electron chi connectivity index (χ4n) is 4.28. The predicted octanol–water partition coefficient (Wildman–Crippen LogP) is 3.59. The molecule has 8 nitrogen and oxygen atoms in total. The van der Waals surface area contributed by atoms with Gasteiger partial charge in [-0.1, -0.05) is 30.5 Å². The van der Waals surface area contributed by atoms with Crippen LogP contribution in [0.5, 0.6) is 0 Å². The van der Waals surface area contributed by atoms with E-state index in [1.54, 1.807) is 18.2 Å². The molecule has 1 aliphatic heterocycles. The van der Waals surface area contributed by atoms with E-state index in [2.05, 4.69) is 20.4 Å². The first-order valence-electron chi connectivity index (χ1n) is 10.9. The molecule has 3 aromatic rings. The van der Waals surface area contributed by atoms with Gasteiger partial charge in [0, 0.05) is 37.6 Å². The highest BCUT2D eigenvalue weighted by molar-refractivity contribution is 5.80. The Hall–Kier alpha value is -3.23. The zero-order valence-corrected chi connectivity index (χ0v) is 17.3. The molecular weight excluding hydrogens is 399 g/mol. The summed E-state index contributed by atoms with van der Waals surface area (Å²) in [4.78, 5) is 25.4. The molecule has 5 rings (SSSR count). The molecule has 9 heteroatoms. The number of rotatable bonds is 3. The fraction of sp³-hybridized carbons (Fsp3) is 0.455. The van der Waals surface area contributed by atoms with E-state index in [4.69, 9.17) is 4.52 Å². The van der Waals surface area contributed by atoms with Crippen LogP contribution < -0.4 is 10.2 Å². The normalized spacial score (nSPS) is 17.8. The minimum atomic E-state index is -0.296. The number of urea groups is 1. The molecular formula is C22H25FN6O2. The molecule has 2 aromatic heterocycles. The number of aromatic nitrogens is 3. The fourth-order valence-corrected chi connectivity index (χ4v) is 4.28. The molecule has 0 spiro atoms. The lowest BCUT2D eigenvalue weighted by atomic mass is 9.96. The van der Waals surface area contributed by atoms with Crippen LogP contribution >= 0.6 is 0 Å². The van der Waals surface area contributed by atoms with E-state index in [1.807, 2.05) is 9.80 Å². The van der Waals surface area contributed by atoms with Crippen molar-refractivity contribution >= 4 is 22.9 Å². The summed E-state index contributed by atoms with van der Waals surface area (Å²) in [5.74, 6) is 0.0918. The van der Waals surface area contributed by atoms with Crippen molar-refractivity contribution in [2.24, 2.45) is 0 Å². The third-order valence-electron chi connectivity index (χ3n) is 6.07. The molecule has 2 amide bonds. The molecule has 3 heterocycles. The largest absolute Gasteiger partial charge is 0.335 e. The Labute approximate surface area is 179 Å². The van der Waals surface area contributed by atoms with Crippen molar-refractivity contribution < 1.29 is 13.7 Å². The molecule has 1 aliphatic carbocycles. The van der Waals surface area contributed by atoms with Crippen molar-refractivity contribution in [3.05, 3.63) is 36.1 Å². The van der Waals surface area contributed by atoms with E-state index < -0.39 is 0 Å². The number of carbonyl (C=O) groups is 1. The van der Waals surface area contributed by atoms with Crippen LogP contribution in [-0.4, -0.2) is 58.3 Å². The Morgan fingerprint density at radius 1 is 1.03 bits per heavy atom. The number of carbonyl (C=O) groups excluding carboxylic acids is 1. The van der Waals surface area contributed by atoms with Gasteiger partial charge in [0.05, 0.1) is 5.52 Å². The number of nitrogens with one attached hydrogen (secondary N) is 1. The second kappa shape index (κ2) is 8.49. The van der Waals surface area contributed by atoms with Crippen molar-refractivity contribution in [1.29, 1.82) is 0 Å². The summed E-state index contributed by atoms with van der Waals surface area (Å²) in [6.07, 6.45) is 5.81. The van der Waals surface area contributed by atoms with Crippen LogP contribution in [0.15, 0.2) is 34.9 Å². The lowest BCUT2D eigenvalue weighted by Gasteiger charge is -2.35. The number of amides is 2. The number of pyridine rings is 1. The molecule has 1 saturated heterocycles. The van der Waals surface area contributed by atoms with Gasteiger partial charge in [-0.15, -0.1) is 0 Å². The molecule has 0 unspecified atom stereocenters. The van der Waals surface area contributed by atoms with E-state index in [0.717, 1.165) is 18.2 Å². The maximum Gasteiger partial charge on any atom is 0.324 e. The highest BCUT2D eigenvalue weighted by Gasteiger charge is 2.26. The van der Waals surface area contributed by atoms with Gasteiger partial charge in [-0.2, -0.15) is 4.98 Å². The molecule has 0 atom stereocenters. The smallest absolute Gasteiger partial charge is 0.324 e.